The van der Waals surface area contributed by atoms with Crippen LogP contribution in [0.25, 0.3) is 0 Å². The van der Waals surface area contributed by atoms with E-state index in [1.165, 1.54) is 12.1 Å². The number of nitro groups is 1. The summed E-state index contributed by atoms with van der Waals surface area (Å²) in [7, 11) is 0. The minimum Gasteiger partial charge on any atom is -0.481 e. The molecule has 1 aliphatic rings. The molecule has 0 saturated heterocycles. The van der Waals surface area contributed by atoms with Crippen LogP contribution in [-0.2, 0) is 9.59 Å². The molecule has 0 unspecified atom stereocenters. The van der Waals surface area contributed by atoms with Crippen molar-refractivity contribution in [3.8, 4) is 0 Å². The number of hydrogen-bond acceptors (Lipinski definition) is 4. The van der Waals surface area contributed by atoms with Crippen LogP contribution in [0.1, 0.15) is 12.8 Å². The first-order valence-electron chi connectivity index (χ1n) is 6.52. The lowest BCUT2D eigenvalue weighted by Gasteiger charge is -2.24. The molecule has 0 spiro atoms. The van der Waals surface area contributed by atoms with Gasteiger partial charge >= 0.3 is 5.97 Å². The number of rotatable bonds is 4. The van der Waals surface area contributed by atoms with Gasteiger partial charge in [0.1, 0.15) is 5.02 Å². The second-order valence-corrected chi connectivity index (χ2v) is 5.31. The van der Waals surface area contributed by atoms with E-state index in [0.717, 1.165) is 6.07 Å². The van der Waals surface area contributed by atoms with Gasteiger partial charge in [0.05, 0.1) is 16.8 Å². The number of allylic oxidation sites excluding steroid dienone is 2. The van der Waals surface area contributed by atoms with E-state index in [2.05, 4.69) is 5.32 Å². The summed E-state index contributed by atoms with van der Waals surface area (Å²) in [5.41, 5.74) is -0.113. The number of carboxylic acids is 1. The summed E-state index contributed by atoms with van der Waals surface area (Å²) < 4.78 is 0. The van der Waals surface area contributed by atoms with Crippen molar-refractivity contribution in [3.63, 3.8) is 0 Å². The van der Waals surface area contributed by atoms with Gasteiger partial charge in [-0.05, 0) is 25.0 Å². The Balaban J connectivity index is 2.18. The lowest BCUT2D eigenvalue weighted by Crippen LogP contribution is -2.34. The van der Waals surface area contributed by atoms with Crippen LogP contribution in [0.3, 0.4) is 0 Å². The fraction of sp³-hybridized carbons (Fsp3) is 0.286. The van der Waals surface area contributed by atoms with Crippen LogP contribution >= 0.6 is 11.6 Å². The summed E-state index contributed by atoms with van der Waals surface area (Å²) in [5, 5.41) is 22.5. The quantitative estimate of drug-likeness (QED) is 0.502. The highest BCUT2D eigenvalue weighted by molar-refractivity contribution is 6.32. The number of carboxylic acid groups (broad SMARTS) is 1. The number of nitrogens with one attached hydrogen (secondary N) is 1. The minimum absolute atomic E-state index is 0.0352. The standard InChI is InChI=1S/C14H13ClN2O5/c15-11-6-5-8(7-12(11)17(21)22)16-13(18)9-3-1-2-4-10(9)14(19)20/h1-2,5-7,9-10H,3-4H2,(H,16,18)(H,19,20)/t9-,10-/m0/s1. The Morgan fingerprint density at radius 3 is 2.50 bits per heavy atom. The highest BCUT2D eigenvalue weighted by Gasteiger charge is 2.34. The fourth-order valence-electron chi connectivity index (χ4n) is 2.34. The second kappa shape index (κ2) is 6.57. The third-order valence-electron chi connectivity index (χ3n) is 3.50. The Bertz CT molecular complexity index is 659. The van der Waals surface area contributed by atoms with Crippen LogP contribution in [0.4, 0.5) is 11.4 Å². The SMILES string of the molecule is O=C(O)[C@H]1CC=CC[C@@H]1C(=O)Nc1ccc(Cl)c([N+](=O)[O-])c1. The molecule has 0 saturated carbocycles. The second-order valence-electron chi connectivity index (χ2n) is 4.91. The van der Waals surface area contributed by atoms with Crippen molar-refractivity contribution in [2.24, 2.45) is 11.8 Å². The Hall–Kier alpha value is -2.41. The monoisotopic (exact) mass is 324 g/mol. The molecule has 0 aromatic heterocycles. The van der Waals surface area contributed by atoms with Crippen molar-refractivity contribution in [1.82, 2.24) is 0 Å². The lowest BCUT2D eigenvalue weighted by molar-refractivity contribution is -0.384. The number of anilines is 1. The van der Waals surface area contributed by atoms with Crippen molar-refractivity contribution in [1.29, 1.82) is 0 Å². The fourth-order valence-corrected chi connectivity index (χ4v) is 2.53. The maximum Gasteiger partial charge on any atom is 0.307 e. The smallest absolute Gasteiger partial charge is 0.307 e. The highest BCUT2D eigenvalue weighted by atomic mass is 35.5. The number of aliphatic carboxylic acids is 1. The van der Waals surface area contributed by atoms with Gasteiger partial charge < -0.3 is 10.4 Å². The van der Waals surface area contributed by atoms with Crippen LogP contribution in [-0.4, -0.2) is 21.9 Å². The van der Waals surface area contributed by atoms with Crippen LogP contribution in [0, 0.1) is 22.0 Å². The summed E-state index contributed by atoms with van der Waals surface area (Å²) >= 11 is 5.70. The summed E-state index contributed by atoms with van der Waals surface area (Å²) in [6.45, 7) is 0. The Morgan fingerprint density at radius 1 is 1.27 bits per heavy atom. The predicted octanol–water partition coefficient (Wildman–Crippen LogP) is 2.85. The molecule has 2 rings (SSSR count). The highest BCUT2D eigenvalue weighted by Crippen LogP contribution is 2.30. The van der Waals surface area contributed by atoms with Gasteiger partial charge in [-0.25, -0.2) is 0 Å². The van der Waals surface area contributed by atoms with E-state index in [1.54, 1.807) is 12.2 Å². The van der Waals surface area contributed by atoms with E-state index in [1.807, 2.05) is 0 Å². The van der Waals surface area contributed by atoms with E-state index >= 15 is 0 Å². The van der Waals surface area contributed by atoms with Crippen LogP contribution < -0.4 is 5.32 Å². The molecule has 0 fully saturated rings. The lowest BCUT2D eigenvalue weighted by atomic mass is 9.82. The third-order valence-corrected chi connectivity index (χ3v) is 3.82. The minimum atomic E-state index is -1.04. The number of halogens is 1. The number of carbonyl (C=O) groups excluding carboxylic acids is 1. The molecule has 0 bridgehead atoms. The number of benzene rings is 1. The van der Waals surface area contributed by atoms with E-state index in [9.17, 15) is 19.7 Å². The van der Waals surface area contributed by atoms with E-state index in [0.29, 0.717) is 6.42 Å². The molecule has 2 atom stereocenters. The normalized spacial score (nSPS) is 20.4. The number of nitrogens with zero attached hydrogens (tertiary/aromatic N) is 1. The van der Waals surface area contributed by atoms with Crippen molar-refractivity contribution in [3.05, 3.63) is 45.5 Å². The molecule has 1 aliphatic carbocycles. The van der Waals surface area contributed by atoms with Gasteiger partial charge in [0.25, 0.3) is 5.69 Å². The third kappa shape index (κ3) is 3.43. The Labute approximate surface area is 130 Å². The first-order chi connectivity index (χ1) is 10.4. The molecule has 116 valence electrons. The van der Waals surface area contributed by atoms with E-state index in [-0.39, 0.29) is 22.8 Å². The topological polar surface area (TPSA) is 110 Å². The Kier molecular flexibility index (Phi) is 4.77. The predicted molar refractivity (Wildman–Crippen MR) is 79.7 cm³/mol. The van der Waals surface area contributed by atoms with Gasteiger partial charge in [0.2, 0.25) is 5.91 Å². The zero-order valence-corrected chi connectivity index (χ0v) is 12.1. The zero-order valence-electron chi connectivity index (χ0n) is 11.4. The molecule has 0 aliphatic heterocycles. The van der Waals surface area contributed by atoms with E-state index < -0.39 is 28.6 Å². The molecule has 1 aromatic carbocycles. The summed E-state index contributed by atoms with van der Waals surface area (Å²) in [6.07, 6.45) is 4.09. The van der Waals surface area contributed by atoms with Gasteiger partial charge in [-0.3, -0.25) is 19.7 Å². The molecule has 22 heavy (non-hydrogen) atoms. The molecule has 0 radical (unpaired) electrons. The summed E-state index contributed by atoms with van der Waals surface area (Å²) in [5.74, 6) is -3.02. The molecule has 1 amide bonds. The van der Waals surface area contributed by atoms with Gasteiger partial charge in [-0.15, -0.1) is 0 Å². The maximum atomic E-state index is 12.2. The van der Waals surface area contributed by atoms with Crippen molar-refractivity contribution < 1.29 is 19.6 Å². The van der Waals surface area contributed by atoms with Gasteiger partial charge in [0.15, 0.2) is 0 Å². The zero-order chi connectivity index (χ0) is 16.3. The molecular weight excluding hydrogens is 312 g/mol. The van der Waals surface area contributed by atoms with Crippen LogP contribution in [0.5, 0.6) is 0 Å². The van der Waals surface area contributed by atoms with Crippen molar-refractivity contribution in [2.45, 2.75) is 12.8 Å². The first kappa shape index (κ1) is 16.0. The molecule has 7 nitrogen and oxygen atoms in total. The molecular formula is C14H13ClN2O5. The summed E-state index contributed by atoms with van der Waals surface area (Å²) in [6, 6.07) is 3.89. The number of amides is 1. The van der Waals surface area contributed by atoms with Crippen LogP contribution in [0.2, 0.25) is 5.02 Å². The van der Waals surface area contributed by atoms with Crippen molar-refractivity contribution >= 4 is 34.9 Å². The molecule has 0 heterocycles. The average Bonchev–Trinajstić information content (AvgIpc) is 2.48. The number of carbonyl (C=O) groups is 2. The van der Waals surface area contributed by atoms with Gasteiger partial charge in [-0.1, -0.05) is 23.8 Å². The van der Waals surface area contributed by atoms with Crippen molar-refractivity contribution in [2.75, 3.05) is 5.32 Å². The van der Waals surface area contributed by atoms with E-state index in [4.69, 9.17) is 16.7 Å². The molecule has 2 N–H and O–H groups in total. The maximum absolute atomic E-state index is 12.2. The van der Waals surface area contributed by atoms with Crippen LogP contribution in [0.15, 0.2) is 30.4 Å². The van der Waals surface area contributed by atoms with Gasteiger partial charge in [-0.2, -0.15) is 0 Å². The van der Waals surface area contributed by atoms with Gasteiger partial charge in [0, 0.05) is 11.8 Å². The largest absolute Gasteiger partial charge is 0.481 e. The first-order valence-corrected chi connectivity index (χ1v) is 6.90. The molecule has 1 aromatic rings. The number of hydrogen-bond donors (Lipinski definition) is 2. The summed E-state index contributed by atoms with van der Waals surface area (Å²) in [4.78, 5) is 33.6. The Morgan fingerprint density at radius 2 is 1.91 bits per heavy atom. The number of nitro benzene ring substituents is 1. The average molecular weight is 325 g/mol. The molecule has 8 heteroatoms.